The number of hydrogen-bond acceptors (Lipinski definition) is 1. The molecule has 14 heavy (non-hydrogen) atoms. The number of carboxylic acid groups (broad SMARTS) is 1. The molecule has 0 radical (unpaired) electrons. The summed E-state index contributed by atoms with van der Waals surface area (Å²) in [6, 6.07) is 0. The second-order valence-electron chi connectivity index (χ2n) is 4.19. The molecule has 0 rings (SSSR count). The first-order valence-electron chi connectivity index (χ1n) is 5.86. The summed E-state index contributed by atoms with van der Waals surface area (Å²) in [6.45, 7) is 6.25. The zero-order valence-corrected chi connectivity index (χ0v) is 9.81. The standard InChI is InChI=1S/C12H24O2/c1-4-7-10-12(8-5-2,9-6-3)11(13)14/h4-10H2,1-3H3,(H,13,14). The van der Waals surface area contributed by atoms with Gasteiger partial charge in [0.25, 0.3) is 0 Å². The van der Waals surface area contributed by atoms with Crippen LogP contribution in [-0.2, 0) is 4.79 Å². The average Bonchev–Trinajstić information content (AvgIpc) is 2.14. The molecule has 0 heterocycles. The Morgan fingerprint density at radius 2 is 1.50 bits per heavy atom. The van der Waals surface area contributed by atoms with E-state index in [-0.39, 0.29) is 0 Å². The van der Waals surface area contributed by atoms with Gasteiger partial charge in [0.2, 0.25) is 0 Å². The summed E-state index contributed by atoms with van der Waals surface area (Å²) in [6.07, 6.45) is 6.56. The smallest absolute Gasteiger partial charge is 0.309 e. The molecule has 0 atom stereocenters. The predicted molar refractivity (Wildman–Crippen MR) is 59.4 cm³/mol. The van der Waals surface area contributed by atoms with E-state index in [0.717, 1.165) is 44.9 Å². The van der Waals surface area contributed by atoms with Gasteiger partial charge in [0, 0.05) is 0 Å². The first-order valence-corrected chi connectivity index (χ1v) is 5.86. The molecule has 0 bridgehead atoms. The molecular formula is C12H24O2. The average molecular weight is 200 g/mol. The highest BCUT2D eigenvalue weighted by molar-refractivity contribution is 5.74. The zero-order chi connectivity index (χ0) is 11.0. The third-order valence-electron chi connectivity index (χ3n) is 2.92. The van der Waals surface area contributed by atoms with Gasteiger partial charge in [-0.25, -0.2) is 0 Å². The van der Waals surface area contributed by atoms with E-state index in [2.05, 4.69) is 20.8 Å². The number of carboxylic acids is 1. The van der Waals surface area contributed by atoms with Crippen LogP contribution >= 0.6 is 0 Å². The fourth-order valence-electron chi connectivity index (χ4n) is 2.17. The SMILES string of the molecule is CCCCC(CCC)(CCC)C(=O)O. The summed E-state index contributed by atoms with van der Waals surface area (Å²) in [4.78, 5) is 11.3. The quantitative estimate of drug-likeness (QED) is 0.646. The van der Waals surface area contributed by atoms with Gasteiger partial charge in [-0.15, -0.1) is 0 Å². The maximum Gasteiger partial charge on any atom is 0.309 e. The van der Waals surface area contributed by atoms with Crippen LogP contribution in [0.3, 0.4) is 0 Å². The van der Waals surface area contributed by atoms with E-state index in [0.29, 0.717) is 0 Å². The number of carbonyl (C=O) groups is 1. The highest BCUT2D eigenvalue weighted by Crippen LogP contribution is 2.35. The van der Waals surface area contributed by atoms with Crippen LogP contribution in [0, 0.1) is 5.41 Å². The van der Waals surface area contributed by atoms with Crippen molar-refractivity contribution in [1.82, 2.24) is 0 Å². The number of aliphatic carboxylic acids is 1. The summed E-state index contributed by atoms with van der Waals surface area (Å²) >= 11 is 0. The maximum absolute atomic E-state index is 11.3. The molecule has 0 aromatic carbocycles. The third kappa shape index (κ3) is 3.69. The van der Waals surface area contributed by atoms with E-state index < -0.39 is 11.4 Å². The minimum absolute atomic E-state index is 0.431. The Bertz CT molecular complexity index is 158. The second-order valence-corrected chi connectivity index (χ2v) is 4.19. The van der Waals surface area contributed by atoms with Crippen LogP contribution in [0.1, 0.15) is 65.7 Å². The summed E-state index contributed by atoms with van der Waals surface area (Å²) in [5.74, 6) is -0.588. The zero-order valence-electron chi connectivity index (χ0n) is 9.81. The molecule has 2 nitrogen and oxygen atoms in total. The van der Waals surface area contributed by atoms with Crippen LogP contribution in [-0.4, -0.2) is 11.1 Å². The van der Waals surface area contributed by atoms with E-state index in [1.807, 2.05) is 0 Å². The van der Waals surface area contributed by atoms with Crippen LogP contribution in [0.5, 0.6) is 0 Å². The topological polar surface area (TPSA) is 37.3 Å². The van der Waals surface area contributed by atoms with Gasteiger partial charge in [-0.05, 0) is 19.3 Å². The maximum atomic E-state index is 11.3. The molecule has 0 aromatic heterocycles. The van der Waals surface area contributed by atoms with E-state index in [9.17, 15) is 9.90 Å². The Balaban J connectivity index is 4.46. The van der Waals surface area contributed by atoms with E-state index in [1.165, 1.54) is 0 Å². The van der Waals surface area contributed by atoms with Crippen molar-refractivity contribution in [3.63, 3.8) is 0 Å². The largest absolute Gasteiger partial charge is 0.481 e. The lowest BCUT2D eigenvalue weighted by atomic mass is 9.75. The van der Waals surface area contributed by atoms with Crippen LogP contribution in [0.15, 0.2) is 0 Å². The molecule has 0 aromatic rings. The van der Waals surface area contributed by atoms with Gasteiger partial charge in [-0.2, -0.15) is 0 Å². The predicted octanol–water partition coefficient (Wildman–Crippen LogP) is 3.85. The van der Waals surface area contributed by atoms with Gasteiger partial charge < -0.3 is 5.11 Å². The fourth-order valence-corrected chi connectivity index (χ4v) is 2.17. The first-order chi connectivity index (χ1) is 6.63. The highest BCUT2D eigenvalue weighted by atomic mass is 16.4. The van der Waals surface area contributed by atoms with Crippen molar-refractivity contribution < 1.29 is 9.90 Å². The van der Waals surface area contributed by atoms with E-state index in [4.69, 9.17) is 0 Å². The molecule has 0 unspecified atom stereocenters. The molecule has 0 aliphatic heterocycles. The molecule has 0 saturated heterocycles. The van der Waals surface area contributed by atoms with Gasteiger partial charge in [-0.1, -0.05) is 46.5 Å². The molecule has 0 aliphatic rings. The molecule has 0 amide bonds. The van der Waals surface area contributed by atoms with E-state index >= 15 is 0 Å². The van der Waals surface area contributed by atoms with E-state index in [1.54, 1.807) is 0 Å². The monoisotopic (exact) mass is 200 g/mol. The van der Waals surface area contributed by atoms with Crippen LogP contribution in [0.25, 0.3) is 0 Å². The van der Waals surface area contributed by atoms with Gasteiger partial charge >= 0.3 is 5.97 Å². The Morgan fingerprint density at radius 3 is 1.79 bits per heavy atom. The van der Waals surface area contributed by atoms with Crippen molar-refractivity contribution >= 4 is 5.97 Å². The normalized spacial score (nSPS) is 11.6. The summed E-state index contributed by atoms with van der Waals surface area (Å²) in [5, 5.41) is 9.31. The minimum Gasteiger partial charge on any atom is -0.481 e. The summed E-state index contributed by atoms with van der Waals surface area (Å²) in [5.41, 5.74) is -0.431. The lowest BCUT2D eigenvalue weighted by Gasteiger charge is -2.28. The van der Waals surface area contributed by atoms with Crippen molar-refractivity contribution in [1.29, 1.82) is 0 Å². The third-order valence-corrected chi connectivity index (χ3v) is 2.92. The lowest BCUT2D eigenvalue weighted by Crippen LogP contribution is -2.30. The van der Waals surface area contributed by atoms with Crippen molar-refractivity contribution in [2.24, 2.45) is 5.41 Å². The molecule has 0 aliphatic carbocycles. The Hall–Kier alpha value is -0.530. The Kier molecular flexibility index (Phi) is 6.60. The van der Waals surface area contributed by atoms with Crippen molar-refractivity contribution in [3.8, 4) is 0 Å². The molecule has 0 saturated carbocycles. The molecule has 1 N–H and O–H groups in total. The van der Waals surface area contributed by atoms with Crippen LogP contribution < -0.4 is 0 Å². The van der Waals surface area contributed by atoms with Crippen LogP contribution in [0.4, 0.5) is 0 Å². The number of rotatable bonds is 8. The van der Waals surface area contributed by atoms with Gasteiger partial charge in [0.1, 0.15) is 0 Å². The molecule has 84 valence electrons. The Labute approximate surface area is 87.7 Å². The molecule has 2 heteroatoms. The molecular weight excluding hydrogens is 176 g/mol. The first kappa shape index (κ1) is 13.5. The van der Waals surface area contributed by atoms with Crippen molar-refractivity contribution in [3.05, 3.63) is 0 Å². The van der Waals surface area contributed by atoms with Crippen molar-refractivity contribution in [2.75, 3.05) is 0 Å². The Morgan fingerprint density at radius 1 is 1.00 bits per heavy atom. The molecule has 0 fully saturated rings. The molecule has 0 spiro atoms. The highest BCUT2D eigenvalue weighted by Gasteiger charge is 2.35. The lowest BCUT2D eigenvalue weighted by molar-refractivity contribution is -0.150. The second kappa shape index (κ2) is 6.86. The summed E-state index contributed by atoms with van der Waals surface area (Å²) < 4.78 is 0. The fraction of sp³-hybridized carbons (Fsp3) is 0.917. The van der Waals surface area contributed by atoms with Crippen molar-refractivity contribution in [2.45, 2.75) is 65.7 Å². The summed E-state index contributed by atoms with van der Waals surface area (Å²) in [7, 11) is 0. The van der Waals surface area contributed by atoms with Gasteiger partial charge in [0.05, 0.1) is 5.41 Å². The van der Waals surface area contributed by atoms with Gasteiger partial charge in [-0.3, -0.25) is 4.79 Å². The van der Waals surface area contributed by atoms with Gasteiger partial charge in [0.15, 0.2) is 0 Å². The van der Waals surface area contributed by atoms with Crippen LogP contribution in [0.2, 0.25) is 0 Å². The number of unbranched alkanes of at least 4 members (excludes halogenated alkanes) is 1. The number of hydrogen-bond donors (Lipinski definition) is 1. The minimum atomic E-state index is -0.588.